The van der Waals surface area contributed by atoms with E-state index in [1.165, 1.54) is 5.56 Å². The van der Waals surface area contributed by atoms with Crippen molar-refractivity contribution in [3.05, 3.63) is 59.2 Å². The maximum Gasteiger partial charge on any atom is 0.138 e. The van der Waals surface area contributed by atoms with Crippen molar-refractivity contribution in [1.82, 2.24) is 0 Å². The van der Waals surface area contributed by atoms with Gasteiger partial charge < -0.3 is 9.47 Å². The number of benzene rings is 2. The maximum absolute atomic E-state index is 12.2. The van der Waals surface area contributed by atoms with Gasteiger partial charge in [0, 0.05) is 24.3 Å². The van der Waals surface area contributed by atoms with E-state index in [0.717, 1.165) is 29.0 Å². The van der Waals surface area contributed by atoms with E-state index in [9.17, 15) is 4.79 Å². The largest absolute Gasteiger partial charge is 0.497 e. The van der Waals surface area contributed by atoms with Crippen molar-refractivity contribution in [2.45, 2.75) is 32.1 Å². The van der Waals surface area contributed by atoms with Gasteiger partial charge in [0.25, 0.3) is 0 Å². The van der Waals surface area contributed by atoms with E-state index in [2.05, 4.69) is 19.1 Å². The first-order valence-corrected chi connectivity index (χ1v) is 8.13. The van der Waals surface area contributed by atoms with Crippen molar-refractivity contribution in [2.75, 3.05) is 13.7 Å². The van der Waals surface area contributed by atoms with E-state index in [4.69, 9.17) is 9.47 Å². The smallest absolute Gasteiger partial charge is 0.138 e. The van der Waals surface area contributed by atoms with E-state index >= 15 is 0 Å². The zero-order chi connectivity index (χ0) is 16.2. The van der Waals surface area contributed by atoms with Gasteiger partial charge in [0.1, 0.15) is 17.3 Å². The van der Waals surface area contributed by atoms with Crippen molar-refractivity contribution < 1.29 is 14.3 Å². The molecule has 1 aliphatic carbocycles. The van der Waals surface area contributed by atoms with Crippen LogP contribution in [0.3, 0.4) is 0 Å². The molecule has 1 atom stereocenters. The summed E-state index contributed by atoms with van der Waals surface area (Å²) in [5, 5.41) is 0. The molecule has 2 aromatic carbocycles. The summed E-state index contributed by atoms with van der Waals surface area (Å²) in [6.45, 7) is 2.77. The van der Waals surface area contributed by atoms with Gasteiger partial charge in [0.15, 0.2) is 0 Å². The minimum atomic E-state index is 0.0365. The van der Waals surface area contributed by atoms with Gasteiger partial charge in [0.05, 0.1) is 13.7 Å². The summed E-state index contributed by atoms with van der Waals surface area (Å²) < 4.78 is 11.3. The first-order valence-electron chi connectivity index (χ1n) is 8.13. The van der Waals surface area contributed by atoms with Crippen LogP contribution in [0, 0.1) is 0 Å². The second kappa shape index (κ2) is 6.86. The molecule has 0 saturated heterocycles. The number of para-hydroxylation sites is 1. The van der Waals surface area contributed by atoms with E-state index in [-0.39, 0.29) is 11.7 Å². The first kappa shape index (κ1) is 15.6. The molecule has 120 valence electrons. The van der Waals surface area contributed by atoms with Gasteiger partial charge in [0.2, 0.25) is 0 Å². The summed E-state index contributed by atoms with van der Waals surface area (Å²) in [6, 6.07) is 14.0. The van der Waals surface area contributed by atoms with E-state index < -0.39 is 0 Å². The van der Waals surface area contributed by atoms with Crippen LogP contribution in [0.1, 0.15) is 42.4 Å². The number of hydrogen-bond acceptors (Lipinski definition) is 3. The Balaban J connectivity index is 2.05. The highest BCUT2D eigenvalue weighted by Crippen LogP contribution is 2.40. The van der Waals surface area contributed by atoms with Gasteiger partial charge in [-0.1, -0.05) is 31.2 Å². The molecular formula is C20H22O3. The molecular weight excluding hydrogens is 288 g/mol. The summed E-state index contributed by atoms with van der Waals surface area (Å²) >= 11 is 0. The van der Waals surface area contributed by atoms with Crippen molar-refractivity contribution in [2.24, 2.45) is 0 Å². The van der Waals surface area contributed by atoms with Gasteiger partial charge >= 0.3 is 0 Å². The van der Waals surface area contributed by atoms with Crippen LogP contribution in [0.15, 0.2) is 42.5 Å². The minimum absolute atomic E-state index is 0.0365. The zero-order valence-corrected chi connectivity index (χ0v) is 13.7. The molecule has 3 rings (SSSR count). The average molecular weight is 310 g/mol. The molecule has 23 heavy (non-hydrogen) atoms. The van der Waals surface area contributed by atoms with E-state index in [0.29, 0.717) is 19.4 Å². The number of Topliss-reactive ketones (excluding diaryl/α,β-unsaturated/α-hetero) is 1. The van der Waals surface area contributed by atoms with Crippen LogP contribution < -0.4 is 9.47 Å². The molecule has 0 heterocycles. The second-order valence-corrected chi connectivity index (χ2v) is 5.92. The van der Waals surface area contributed by atoms with Crippen LogP contribution in [0.4, 0.5) is 0 Å². The number of carbonyl (C=O) groups is 1. The lowest BCUT2D eigenvalue weighted by Crippen LogP contribution is -2.20. The van der Waals surface area contributed by atoms with Gasteiger partial charge in [-0.15, -0.1) is 0 Å². The van der Waals surface area contributed by atoms with Crippen LogP contribution in [0.5, 0.6) is 11.5 Å². The topological polar surface area (TPSA) is 35.5 Å². The van der Waals surface area contributed by atoms with Crippen LogP contribution in [-0.4, -0.2) is 19.5 Å². The molecule has 2 aromatic rings. The summed E-state index contributed by atoms with van der Waals surface area (Å²) in [4.78, 5) is 12.2. The van der Waals surface area contributed by atoms with Crippen LogP contribution in [-0.2, 0) is 11.2 Å². The quantitative estimate of drug-likeness (QED) is 0.833. The fourth-order valence-corrected chi connectivity index (χ4v) is 3.20. The lowest BCUT2D eigenvalue weighted by atomic mass is 9.78. The molecule has 3 heteroatoms. The summed E-state index contributed by atoms with van der Waals surface area (Å²) in [5.74, 6) is 2.02. The third-order valence-corrected chi connectivity index (χ3v) is 4.30. The third-order valence-electron chi connectivity index (χ3n) is 4.30. The predicted octanol–water partition coefficient (Wildman–Crippen LogP) is 4.13. The highest BCUT2D eigenvalue weighted by molar-refractivity contribution is 5.85. The first-order chi connectivity index (χ1) is 11.2. The van der Waals surface area contributed by atoms with E-state index in [1.807, 2.05) is 30.3 Å². The monoisotopic (exact) mass is 310 g/mol. The zero-order valence-electron chi connectivity index (χ0n) is 13.7. The molecule has 0 aliphatic heterocycles. The Bertz CT molecular complexity index is 706. The van der Waals surface area contributed by atoms with E-state index in [1.54, 1.807) is 7.11 Å². The summed E-state index contributed by atoms with van der Waals surface area (Å²) in [6.07, 6.45) is 1.99. The number of methoxy groups -OCH3 is 1. The fraction of sp³-hybridized carbons (Fsp3) is 0.350. The van der Waals surface area contributed by atoms with Crippen molar-refractivity contribution in [3.8, 4) is 11.5 Å². The molecule has 0 aromatic heterocycles. The molecule has 1 unspecified atom stereocenters. The normalized spacial score (nSPS) is 16.8. The van der Waals surface area contributed by atoms with Crippen LogP contribution in [0.2, 0.25) is 0 Å². The molecule has 0 fully saturated rings. The second-order valence-electron chi connectivity index (χ2n) is 5.92. The van der Waals surface area contributed by atoms with Gasteiger partial charge in [-0.05, 0) is 35.7 Å². The number of rotatable bonds is 5. The molecule has 0 N–H and O–H groups in total. The summed E-state index contributed by atoms with van der Waals surface area (Å²) in [5.41, 5.74) is 3.36. The Hall–Kier alpha value is -2.29. The summed E-state index contributed by atoms with van der Waals surface area (Å²) in [7, 11) is 1.67. The lowest BCUT2D eigenvalue weighted by Gasteiger charge is -2.27. The molecule has 0 radical (unpaired) electrons. The lowest BCUT2D eigenvalue weighted by molar-refractivity contribution is -0.119. The molecule has 0 bridgehead atoms. The average Bonchev–Trinajstić information content (AvgIpc) is 2.59. The molecule has 3 nitrogen and oxygen atoms in total. The van der Waals surface area contributed by atoms with Crippen molar-refractivity contribution in [1.29, 1.82) is 0 Å². The Kier molecular flexibility index (Phi) is 4.65. The molecule has 0 spiro atoms. The maximum atomic E-state index is 12.2. The van der Waals surface area contributed by atoms with Gasteiger partial charge in [-0.2, -0.15) is 0 Å². The Morgan fingerprint density at radius 1 is 1.13 bits per heavy atom. The van der Waals surface area contributed by atoms with Gasteiger partial charge in [-0.3, -0.25) is 4.79 Å². The predicted molar refractivity (Wildman–Crippen MR) is 90.4 cm³/mol. The number of hydrogen-bond donors (Lipinski definition) is 0. The highest BCUT2D eigenvalue weighted by Gasteiger charge is 2.29. The van der Waals surface area contributed by atoms with Crippen LogP contribution in [0.25, 0.3) is 0 Å². The Morgan fingerprint density at radius 2 is 1.96 bits per heavy atom. The fourth-order valence-electron chi connectivity index (χ4n) is 3.20. The number of ketones is 1. The molecule has 0 saturated carbocycles. The highest BCUT2D eigenvalue weighted by atomic mass is 16.5. The minimum Gasteiger partial charge on any atom is -0.497 e. The Labute approximate surface area is 137 Å². The van der Waals surface area contributed by atoms with Crippen molar-refractivity contribution >= 4 is 5.78 Å². The third kappa shape index (κ3) is 3.24. The Morgan fingerprint density at radius 3 is 2.74 bits per heavy atom. The number of fused-ring (bicyclic) bond motifs is 1. The number of ether oxygens (including phenoxy) is 2. The van der Waals surface area contributed by atoms with Crippen LogP contribution >= 0.6 is 0 Å². The molecule has 0 amide bonds. The van der Waals surface area contributed by atoms with Crippen molar-refractivity contribution in [3.63, 3.8) is 0 Å². The standard InChI is InChI=1S/C20H22O3/c1-3-10-23-20-7-5-4-6-17(20)19-12-15(21)11-14-8-9-16(22-2)13-18(14)19/h4-9,13,19H,3,10-12H2,1-2H3. The number of carbonyl (C=O) groups excluding carboxylic acids is 1. The van der Waals surface area contributed by atoms with Gasteiger partial charge in [-0.25, -0.2) is 0 Å². The molecule has 1 aliphatic rings. The SMILES string of the molecule is CCCOc1ccccc1C1CC(=O)Cc2ccc(OC)cc21.